The van der Waals surface area contributed by atoms with Crippen LogP contribution < -0.4 is 11.2 Å². The normalized spacial score (nSPS) is 20.6. The lowest BCUT2D eigenvalue weighted by molar-refractivity contribution is 0.314. The fourth-order valence-electron chi connectivity index (χ4n) is 3.78. The van der Waals surface area contributed by atoms with E-state index in [9.17, 15) is 9.59 Å². The van der Waals surface area contributed by atoms with E-state index in [4.69, 9.17) is 23.2 Å². The van der Waals surface area contributed by atoms with Crippen LogP contribution >= 0.6 is 23.2 Å². The molecule has 0 radical (unpaired) electrons. The zero-order valence-electron chi connectivity index (χ0n) is 14.2. The van der Waals surface area contributed by atoms with Crippen molar-refractivity contribution in [2.75, 3.05) is 0 Å². The highest BCUT2D eigenvalue weighted by molar-refractivity contribution is 6.33. The van der Waals surface area contributed by atoms with Crippen LogP contribution in [0.1, 0.15) is 61.8 Å². The Kier molecular flexibility index (Phi) is 5.70. The largest absolute Gasteiger partial charge is 0.325 e. The summed E-state index contributed by atoms with van der Waals surface area (Å²) in [6.45, 7) is 2.21. The molecule has 0 bridgehead atoms. The van der Waals surface area contributed by atoms with Gasteiger partial charge in [0, 0.05) is 27.7 Å². The summed E-state index contributed by atoms with van der Waals surface area (Å²) in [7, 11) is 0. The van der Waals surface area contributed by atoms with Crippen molar-refractivity contribution in [2.24, 2.45) is 5.92 Å². The van der Waals surface area contributed by atoms with Crippen molar-refractivity contribution in [1.29, 1.82) is 0 Å². The molecular formula is C19H22Cl2N2O2. The summed E-state index contributed by atoms with van der Waals surface area (Å²) in [6, 6.07) is 5.22. The van der Waals surface area contributed by atoms with Gasteiger partial charge in [-0.15, -0.1) is 0 Å². The Morgan fingerprint density at radius 1 is 1.08 bits per heavy atom. The second-order valence-corrected chi connectivity index (χ2v) is 7.68. The molecule has 0 atom stereocenters. The highest BCUT2D eigenvalue weighted by atomic mass is 35.5. The molecule has 1 heterocycles. The Hall–Kier alpha value is -1.52. The van der Waals surface area contributed by atoms with E-state index in [1.807, 2.05) is 0 Å². The summed E-state index contributed by atoms with van der Waals surface area (Å²) >= 11 is 12.3. The van der Waals surface area contributed by atoms with E-state index in [2.05, 4.69) is 16.9 Å². The third-order valence-electron chi connectivity index (χ3n) is 5.28. The van der Waals surface area contributed by atoms with Gasteiger partial charge in [-0.1, -0.05) is 36.5 Å². The maximum absolute atomic E-state index is 12.5. The van der Waals surface area contributed by atoms with E-state index in [1.165, 1.54) is 6.42 Å². The number of hydrogen-bond donors (Lipinski definition) is 2. The smallest absolute Gasteiger partial charge is 0.311 e. The minimum absolute atomic E-state index is 0.214. The second-order valence-electron chi connectivity index (χ2n) is 6.84. The molecule has 0 saturated heterocycles. The van der Waals surface area contributed by atoms with Gasteiger partial charge in [0.25, 0.3) is 5.56 Å². The quantitative estimate of drug-likeness (QED) is 0.810. The van der Waals surface area contributed by atoms with Gasteiger partial charge >= 0.3 is 5.69 Å². The Bertz CT molecular complexity index is 864. The SMILES string of the molecule is CCC1CCC(c2[nH]c(=O)[nH]c(=O)c2Cc2cc(Cl)ccc2Cl)CC1. The van der Waals surface area contributed by atoms with Gasteiger partial charge in [0.05, 0.1) is 0 Å². The standard InChI is InChI=1S/C19H22Cl2N2O2/c1-2-11-3-5-12(6-4-11)17-15(18(24)23-19(25)22-17)10-13-9-14(20)7-8-16(13)21/h7-9,11-12H,2-6,10H2,1H3,(H2,22,23,24,25). The molecule has 0 aliphatic heterocycles. The lowest BCUT2D eigenvalue weighted by atomic mass is 9.78. The first-order valence-corrected chi connectivity index (χ1v) is 9.52. The number of rotatable bonds is 4. The number of halogens is 2. The molecule has 25 heavy (non-hydrogen) atoms. The number of benzene rings is 1. The van der Waals surface area contributed by atoms with Gasteiger partial charge in [0.1, 0.15) is 0 Å². The molecule has 1 saturated carbocycles. The van der Waals surface area contributed by atoms with Crippen molar-refractivity contribution in [3.05, 3.63) is 65.9 Å². The molecule has 0 spiro atoms. The third-order valence-corrected chi connectivity index (χ3v) is 5.89. The Morgan fingerprint density at radius 3 is 2.48 bits per heavy atom. The van der Waals surface area contributed by atoms with Crippen LogP contribution in [-0.2, 0) is 6.42 Å². The van der Waals surface area contributed by atoms with Crippen molar-refractivity contribution in [3.8, 4) is 0 Å². The van der Waals surface area contributed by atoms with Crippen molar-refractivity contribution in [2.45, 2.75) is 51.4 Å². The molecule has 1 aliphatic carbocycles. The zero-order valence-corrected chi connectivity index (χ0v) is 15.7. The van der Waals surface area contributed by atoms with Crippen molar-refractivity contribution < 1.29 is 0 Å². The molecule has 3 rings (SSSR count). The lowest BCUT2D eigenvalue weighted by Crippen LogP contribution is -2.30. The minimum Gasteiger partial charge on any atom is -0.311 e. The topological polar surface area (TPSA) is 65.7 Å². The van der Waals surface area contributed by atoms with Crippen LogP contribution in [0, 0.1) is 5.92 Å². The predicted octanol–water partition coefficient (Wildman–Crippen LogP) is 4.64. The van der Waals surface area contributed by atoms with Crippen molar-refractivity contribution in [3.63, 3.8) is 0 Å². The van der Waals surface area contributed by atoms with Gasteiger partial charge < -0.3 is 4.98 Å². The first-order chi connectivity index (χ1) is 12.0. The monoisotopic (exact) mass is 380 g/mol. The van der Waals surface area contributed by atoms with Crippen LogP contribution in [0.4, 0.5) is 0 Å². The first-order valence-electron chi connectivity index (χ1n) is 8.77. The molecule has 134 valence electrons. The molecule has 1 aromatic heterocycles. The van der Waals surface area contributed by atoms with Crippen molar-refractivity contribution >= 4 is 23.2 Å². The number of aromatic nitrogens is 2. The molecule has 1 aliphatic rings. The summed E-state index contributed by atoms with van der Waals surface area (Å²) in [5, 5.41) is 1.14. The van der Waals surface area contributed by atoms with E-state index in [0.29, 0.717) is 22.0 Å². The molecular weight excluding hydrogens is 359 g/mol. The summed E-state index contributed by atoms with van der Waals surface area (Å²) < 4.78 is 0. The number of hydrogen-bond acceptors (Lipinski definition) is 2. The van der Waals surface area contributed by atoms with Crippen LogP contribution in [0.15, 0.2) is 27.8 Å². The van der Waals surface area contributed by atoms with E-state index in [1.54, 1.807) is 18.2 Å². The van der Waals surface area contributed by atoms with Gasteiger partial charge in [0.15, 0.2) is 0 Å². The van der Waals surface area contributed by atoms with Crippen LogP contribution in [-0.4, -0.2) is 9.97 Å². The summed E-state index contributed by atoms with van der Waals surface area (Å²) in [5.74, 6) is 0.960. The minimum atomic E-state index is -0.446. The maximum Gasteiger partial charge on any atom is 0.325 e. The van der Waals surface area contributed by atoms with Crippen LogP contribution in [0.2, 0.25) is 10.0 Å². The third kappa shape index (κ3) is 4.18. The van der Waals surface area contributed by atoms with Crippen LogP contribution in [0.3, 0.4) is 0 Å². The van der Waals surface area contributed by atoms with Crippen LogP contribution in [0.5, 0.6) is 0 Å². The molecule has 2 N–H and O–H groups in total. The number of H-pyrrole nitrogens is 2. The molecule has 1 aromatic carbocycles. The average Bonchev–Trinajstić information content (AvgIpc) is 2.60. The lowest BCUT2D eigenvalue weighted by Gasteiger charge is -2.28. The van der Waals surface area contributed by atoms with Gasteiger partial charge in [0.2, 0.25) is 0 Å². The van der Waals surface area contributed by atoms with Crippen LogP contribution in [0.25, 0.3) is 0 Å². The predicted molar refractivity (Wildman–Crippen MR) is 102 cm³/mol. The van der Waals surface area contributed by atoms with Gasteiger partial charge in [-0.25, -0.2) is 4.79 Å². The summed E-state index contributed by atoms with van der Waals surface area (Å²) in [5.41, 5.74) is 1.35. The Labute approximate surface area is 156 Å². The first kappa shape index (κ1) is 18.3. The molecule has 0 unspecified atom stereocenters. The molecule has 6 heteroatoms. The van der Waals surface area contributed by atoms with Crippen molar-refractivity contribution in [1.82, 2.24) is 9.97 Å². The fourth-order valence-corrected chi connectivity index (χ4v) is 4.16. The summed E-state index contributed by atoms with van der Waals surface area (Å²) in [4.78, 5) is 29.6. The molecule has 2 aromatic rings. The second kappa shape index (κ2) is 7.79. The Morgan fingerprint density at radius 2 is 1.80 bits per heavy atom. The van der Waals surface area contributed by atoms with E-state index >= 15 is 0 Å². The fraction of sp³-hybridized carbons (Fsp3) is 0.474. The molecule has 4 nitrogen and oxygen atoms in total. The average molecular weight is 381 g/mol. The maximum atomic E-state index is 12.5. The molecule has 0 amide bonds. The molecule has 1 fully saturated rings. The zero-order chi connectivity index (χ0) is 18.0. The van der Waals surface area contributed by atoms with Gasteiger partial charge in [-0.3, -0.25) is 9.78 Å². The highest BCUT2D eigenvalue weighted by Crippen LogP contribution is 2.37. The van der Waals surface area contributed by atoms with E-state index < -0.39 is 5.69 Å². The number of aromatic amines is 2. The Balaban J connectivity index is 1.97. The highest BCUT2D eigenvalue weighted by Gasteiger charge is 2.25. The van der Waals surface area contributed by atoms with E-state index in [-0.39, 0.29) is 11.5 Å². The summed E-state index contributed by atoms with van der Waals surface area (Å²) in [6.07, 6.45) is 5.79. The van der Waals surface area contributed by atoms with E-state index in [0.717, 1.165) is 42.9 Å². The number of nitrogens with one attached hydrogen (secondary N) is 2. The van der Waals surface area contributed by atoms with Gasteiger partial charge in [-0.2, -0.15) is 0 Å². The van der Waals surface area contributed by atoms with Gasteiger partial charge in [-0.05, 0) is 61.3 Å².